The van der Waals surface area contributed by atoms with Gasteiger partial charge in [0, 0.05) is 0 Å². The van der Waals surface area contributed by atoms with Gasteiger partial charge in [-0.05, 0) is 13.8 Å². The molecule has 1 N–H and O–H groups in total. The molecule has 0 fully saturated rings. The summed E-state index contributed by atoms with van der Waals surface area (Å²) in [6, 6.07) is 0. The Labute approximate surface area is 53.7 Å². The zero-order valence-corrected chi connectivity index (χ0v) is 5.55. The lowest BCUT2D eigenvalue weighted by atomic mass is 10.5. The van der Waals surface area contributed by atoms with Crippen LogP contribution in [0.3, 0.4) is 0 Å². The van der Waals surface area contributed by atoms with Crippen molar-refractivity contribution in [2.24, 2.45) is 5.11 Å². The van der Waals surface area contributed by atoms with Gasteiger partial charge in [0.05, 0.1) is 6.10 Å². The number of nitrogens with zero attached hydrogens (tertiary/aromatic N) is 1. The minimum Gasteiger partial charge on any atom is -0.462 e. The molecular formula is C5H10N2O2. The summed E-state index contributed by atoms with van der Waals surface area (Å²) < 4.78 is 4.64. The molecule has 0 amide bonds. The molecular weight excluding hydrogens is 120 g/mol. The molecule has 0 aromatic carbocycles. The highest BCUT2D eigenvalue weighted by Crippen LogP contribution is 1.88. The van der Waals surface area contributed by atoms with Gasteiger partial charge < -0.3 is 4.74 Å². The van der Waals surface area contributed by atoms with Crippen molar-refractivity contribution in [2.45, 2.75) is 20.0 Å². The fraction of sp³-hybridized carbons (Fsp3) is 0.800. The predicted molar refractivity (Wildman–Crippen MR) is 31.2 cm³/mol. The molecule has 0 atom stereocenters. The van der Waals surface area contributed by atoms with Gasteiger partial charge in [0.15, 0.2) is 6.54 Å². The zero-order valence-electron chi connectivity index (χ0n) is 5.55. The summed E-state index contributed by atoms with van der Waals surface area (Å²) in [4.78, 5) is 10.4. The molecule has 4 heteroatoms. The summed E-state index contributed by atoms with van der Waals surface area (Å²) in [5.74, 6) is -0.444. The van der Waals surface area contributed by atoms with Crippen molar-refractivity contribution in [3.05, 3.63) is 0 Å². The summed E-state index contributed by atoms with van der Waals surface area (Å²) in [5, 5.41) is 2.86. The molecule has 9 heavy (non-hydrogen) atoms. The van der Waals surface area contributed by atoms with Crippen molar-refractivity contribution in [3.8, 4) is 0 Å². The van der Waals surface area contributed by atoms with Crippen LogP contribution in [-0.4, -0.2) is 18.6 Å². The Balaban J connectivity index is 3.38. The molecule has 0 aliphatic carbocycles. The molecule has 0 bridgehead atoms. The summed E-state index contributed by atoms with van der Waals surface area (Å²) in [7, 11) is 0. The Morgan fingerprint density at radius 1 is 1.78 bits per heavy atom. The van der Waals surface area contributed by atoms with Crippen LogP contribution in [0.25, 0.3) is 0 Å². The number of hydrogen-bond acceptors (Lipinski definition) is 4. The Kier molecular flexibility index (Phi) is 3.59. The van der Waals surface area contributed by atoms with Crippen molar-refractivity contribution >= 4 is 5.97 Å². The largest absolute Gasteiger partial charge is 0.462 e. The first-order valence-corrected chi connectivity index (χ1v) is 2.69. The Morgan fingerprint density at radius 3 is 2.67 bits per heavy atom. The molecule has 0 saturated heterocycles. The predicted octanol–water partition coefficient (Wildman–Crippen LogP) is 0.969. The zero-order chi connectivity index (χ0) is 7.28. The van der Waals surface area contributed by atoms with Crippen LogP contribution in [0, 0.1) is 5.53 Å². The number of carbonyl (C=O) groups is 1. The number of carbonyl (C=O) groups excluding carboxylic acids is 1. The average molecular weight is 130 g/mol. The smallest absolute Gasteiger partial charge is 0.329 e. The molecule has 52 valence electrons. The van der Waals surface area contributed by atoms with Crippen molar-refractivity contribution in [3.63, 3.8) is 0 Å². The van der Waals surface area contributed by atoms with E-state index in [2.05, 4.69) is 9.85 Å². The fourth-order valence-electron chi connectivity index (χ4n) is 0.365. The maximum absolute atomic E-state index is 10.4. The molecule has 0 rings (SSSR count). The molecule has 0 aliphatic rings. The molecule has 0 spiro atoms. The Hall–Kier alpha value is -0.930. The quantitative estimate of drug-likeness (QED) is 0.457. The highest BCUT2D eigenvalue weighted by Gasteiger charge is 2.01. The highest BCUT2D eigenvalue weighted by atomic mass is 16.5. The third-order valence-electron chi connectivity index (χ3n) is 0.575. The first-order valence-electron chi connectivity index (χ1n) is 2.69. The molecule has 0 unspecified atom stereocenters. The van der Waals surface area contributed by atoms with E-state index in [0.717, 1.165) is 0 Å². The lowest BCUT2D eigenvalue weighted by Gasteiger charge is -2.03. The first-order chi connectivity index (χ1) is 4.16. The van der Waals surface area contributed by atoms with Crippen molar-refractivity contribution in [1.82, 2.24) is 0 Å². The van der Waals surface area contributed by atoms with Gasteiger partial charge in [-0.15, -0.1) is 0 Å². The van der Waals surface area contributed by atoms with Gasteiger partial charge in [0.2, 0.25) is 0 Å². The summed E-state index contributed by atoms with van der Waals surface area (Å²) in [6.45, 7) is 3.34. The van der Waals surface area contributed by atoms with Crippen molar-refractivity contribution < 1.29 is 9.53 Å². The SMILES string of the molecule is CC(C)OC(=O)CN=N. The van der Waals surface area contributed by atoms with Crippen molar-refractivity contribution in [1.29, 1.82) is 5.53 Å². The molecule has 0 aliphatic heterocycles. The average Bonchev–Trinajstić information content (AvgIpc) is 1.63. The monoisotopic (exact) mass is 130 g/mol. The van der Waals surface area contributed by atoms with E-state index in [1.54, 1.807) is 13.8 Å². The van der Waals surface area contributed by atoms with Gasteiger partial charge in [-0.3, -0.25) is 0 Å². The molecule has 0 radical (unpaired) electrons. The summed E-state index contributed by atoms with van der Waals surface area (Å²) >= 11 is 0. The summed E-state index contributed by atoms with van der Waals surface area (Å²) in [5.41, 5.74) is 6.30. The van der Waals surface area contributed by atoms with Crippen LogP contribution in [0.2, 0.25) is 0 Å². The van der Waals surface area contributed by atoms with Gasteiger partial charge in [0.25, 0.3) is 0 Å². The Morgan fingerprint density at radius 2 is 2.33 bits per heavy atom. The number of rotatable bonds is 3. The number of nitrogens with one attached hydrogen (secondary N) is 1. The van der Waals surface area contributed by atoms with E-state index in [0.29, 0.717) is 0 Å². The maximum atomic E-state index is 10.4. The molecule has 4 nitrogen and oxygen atoms in total. The lowest BCUT2D eigenvalue weighted by Crippen LogP contribution is -2.13. The van der Waals surface area contributed by atoms with Crippen LogP contribution >= 0.6 is 0 Å². The molecule has 0 heterocycles. The standard InChI is InChI=1S/C5H10N2O2/c1-4(2)9-5(8)3-7-6/h4,6H,3H2,1-2H3. The topological polar surface area (TPSA) is 62.5 Å². The van der Waals surface area contributed by atoms with Gasteiger partial charge in [0.1, 0.15) is 0 Å². The second kappa shape index (κ2) is 4.00. The van der Waals surface area contributed by atoms with Gasteiger partial charge in [-0.1, -0.05) is 0 Å². The van der Waals surface area contributed by atoms with Gasteiger partial charge in [-0.25, -0.2) is 10.3 Å². The van der Waals surface area contributed by atoms with E-state index in [4.69, 9.17) is 5.53 Å². The first kappa shape index (κ1) is 8.07. The van der Waals surface area contributed by atoms with E-state index >= 15 is 0 Å². The number of esters is 1. The summed E-state index contributed by atoms with van der Waals surface area (Å²) in [6.07, 6.45) is -0.112. The van der Waals surface area contributed by atoms with E-state index < -0.39 is 5.97 Å². The highest BCUT2D eigenvalue weighted by molar-refractivity contribution is 5.71. The van der Waals surface area contributed by atoms with E-state index in [-0.39, 0.29) is 12.6 Å². The van der Waals surface area contributed by atoms with Crippen LogP contribution in [0.15, 0.2) is 5.11 Å². The second-order valence-electron chi connectivity index (χ2n) is 1.85. The molecule has 0 saturated carbocycles. The van der Waals surface area contributed by atoms with E-state index in [9.17, 15) is 4.79 Å². The van der Waals surface area contributed by atoms with Gasteiger partial charge >= 0.3 is 5.97 Å². The molecule has 0 aromatic heterocycles. The second-order valence-corrected chi connectivity index (χ2v) is 1.85. The third-order valence-corrected chi connectivity index (χ3v) is 0.575. The fourth-order valence-corrected chi connectivity index (χ4v) is 0.365. The van der Waals surface area contributed by atoms with Crippen LogP contribution in [0.1, 0.15) is 13.8 Å². The van der Waals surface area contributed by atoms with Crippen LogP contribution in [-0.2, 0) is 9.53 Å². The van der Waals surface area contributed by atoms with E-state index in [1.807, 2.05) is 0 Å². The van der Waals surface area contributed by atoms with Crippen LogP contribution in [0.5, 0.6) is 0 Å². The third kappa shape index (κ3) is 4.93. The van der Waals surface area contributed by atoms with Crippen LogP contribution < -0.4 is 0 Å². The van der Waals surface area contributed by atoms with Crippen LogP contribution in [0.4, 0.5) is 0 Å². The maximum Gasteiger partial charge on any atom is 0.329 e. The number of ether oxygens (including phenoxy) is 1. The molecule has 0 aromatic rings. The van der Waals surface area contributed by atoms with E-state index in [1.165, 1.54) is 0 Å². The lowest BCUT2D eigenvalue weighted by molar-refractivity contribution is -0.145. The minimum atomic E-state index is -0.444. The Bertz CT molecular complexity index is 112. The van der Waals surface area contributed by atoms with Gasteiger partial charge in [-0.2, -0.15) is 5.11 Å². The normalized spacial score (nSPS) is 9.22. The van der Waals surface area contributed by atoms with Crippen molar-refractivity contribution in [2.75, 3.05) is 6.54 Å². The minimum absolute atomic E-state index is 0.112. The number of hydrogen-bond donors (Lipinski definition) is 1.